The normalized spacial score (nSPS) is 20.1. The summed E-state index contributed by atoms with van der Waals surface area (Å²) in [7, 11) is 0. The van der Waals surface area contributed by atoms with Crippen LogP contribution < -0.4 is 4.74 Å². The molecule has 0 radical (unpaired) electrons. The second-order valence-corrected chi connectivity index (χ2v) is 4.47. The molecule has 4 heteroatoms. The molecule has 18 heavy (non-hydrogen) atoms. The molecule has 1 aliphatic heterocycles. The largest absolute Gasteiger partial charge is 0.493 e. The number of rotatable bonds is 5. The summed E-state index contributed by atoms with van der Waals surface area (Å²) in [4.78, 5) is 0. The zero-order valence-electron chi connectivity index (χ0n) is 10.6. The quantitative estimate of drug-likeness (QED) is 0.496. The number of ether oxygens (including phenoxy) is 2. The molecule has 1 aliphatic rings. The van der Waals surface area contributed by atoms with Crippen LogP contribution in [0.3, 0.4) is 0 Å². The molecule has 0 bridgehead atoms. The van der Waals surface area contributed by atoms with Crippen LogP contribution in [-0.2, 0) is 4.74 Å². The summed E-state index contributed by atoms with van der Waals surface area (Å²) in [5.41, 5.74) is 1.61. The number of hydrogen-bond donors (Lipinski definition) is 1. The summed E-state index contributed by atoms with van der Waals surface area (Å²) in [6.45, 7) is 4.31. The molecule has 1 aromatic carbocycles. The lowest BCUT2D eigenvalue weighted by atomic mass is 10.1. The monoisotopic (exact) mass is 249 g/mol. The standard InChI is InChI=1S/C14H19NO3/c1-2-14(15-16)12-3-5-13(6-4-12)18-10-11-7-8-17-9-11/h3-6,11,16H,2,7-10H2,1H3/b15-14-. The molecule has 0 spiro atoms. The van der Waals surface area contributed by atoms with Gasteiger partial charge in [0.25, 0.3) is 0 Å². The van der Waals surface area contributed by atoms with Gasteiger partial charge in [0.2, 0.25) is 0 Å². The Kier molecular flexibility index (Phi) is 4.59. The fourth-order valence-corrected chi connectivity index (χ4v) is 2.00. The Morgan fingerprint density at radius 1 is 1.44 bits per heavy atom. The molecule has 1 saturated heterocycles. The molecular formula is C14H19NO3. The molecule has 98 valence electrons. The van der Waals surface area contributed by atoms with Crippen LogP contribution >= 0.6 is 0 Å². The molecule has 2 rings (SSSR count). The number of nitrogens with zero attached hydrogens (tertiary/aromatic N) is 1. The lowest BCUT2D eigenvalue weighted by molar-refractivity contribution is 0.167. The van der Waals surface area contributed by atoms with E-state index in [1.807, 2.05) is 31.2 Å². The minimum atomic E-state index is 0.509. The number of hydrogen-bond acceptors (Lipinski definition) is 4. The van der Waals surface area contributed by atoms with E-state index in [1.165, 1.54) is 0 Å². The van der Waals surface area contributed by atoms with Crippen LogP contribution in [0, 0.1) is 5.92 Å². The molecule has 0 aliphatic carbocycles. The molecular weight excluding hydrogens is 230 g/mol. The van der Waals surface area contributed by atoms with E-state index in [4.69, 9.17) is 14.7 Å². The van der Waals surface area contributed by atoms with Crippen molar-refractivity contribution in [3.05, 3.63) is 29.8 Å². The lowest BCUT2D eigenvalue weighted by Crippen LogP contribution is -2.11. The molecule has 4 nitrogen and oxygen atoms in total. The summed E-state index contributed by atoms with van der Waals surface area (Å²) in [6.07, 6.45) is 1.78. The third-order valence-electron chi connectivity index (χ3n) is 3.15. The Balaban J connectivity index is 1.90. The number of benzene rings is 1. The summed E-state index contributed by atoms with van der Waals surface area (Å²) in [5.74, 6) is 1.36. The van der Waals surface area contributed by atoms with Crippen molar-refractivity contribution in [3.8, 4) is 5.75 Å². The summed E-state index contributed by atoms with van der Waals surface area (Å²) in [6, 6.07) is 7.65. The maximum Gasteiger partial charge on any atom is 0.119 e. The third-order valence-corrected chi connectivity index (χ3v) is 3.15. The first-order valence-electron chi connectivity index (χ1n) is 6.35. The topological polar surface area (TPSA) is 51.1 Å². The smallest absolute Gasteiger partial charge is 0.119 e. The van der Waals surface area contributed by atoms with E-state index in [-0.39, 0.29) is 0 Å². The van der Waals surface area contributed by atoms with Gasteiger partial charge in [-0.15, -0.1) is 0 Å². The van der Waals surface area contributed by atoms with Gasteiger partial charge >= 0.3 is 0 Å². The Hall–Kier alpha value is -1.55. The molecule has 1 aromatic rings. The van der Waals surface area contributed by atoms with Gasteiger partial charge in [-0.05, 0) is 42.7 Å². The van der Waals surface area contributed by atoms with Gasteiger partial charge in [-0.25, -0.2) is 0 Å². The number of oxime groups is 1. The van der Waals surface area contributed by atoms with Gasteiger partial charge in [0, 0.05) is 12.5 Å². The van der Waals surface area contributed by atoms with Crippen molar-refractivity contribution >= 4 is 5.71 Å². The molecule has 0 amide bonds. The van der Waals surface area contributed by atoms with Crippen LogP contribution in [0.1, 0.15) is 25.3 Å². The Morgan fingerprint density at radius 2 is 2.22 bits per heavy atom. The average Bonchev–Trinajstić information content (AvgIpc) is 2.92. The van der Waals surface area contributed by atoms with E-state index >= 15 is 0 Å². The van der Waals surface area contributed by atoms with Crippen molar-refractivity contribution in [2.45, 2.75) is 19.8 Å². The zero-order chi connectivity index (χ0) is 12.8. The SMILES string of the molecule is CC/C(=N/O)c1ccc(OCC2CCOC2)cc1. The van der Waals surface area contributed by atoms with Gasteiger partial charge in [-0.2, -0.15) is 0 Å². The first-order chi connectivity index (χ1) is 8.83. The van der Waals surface area contributed by atoms with Crippen LogP contribution in [-0.4, -0.2) is 30.7 Å². The molecule has 1 unspecified atom stereocenters. The van der Waals surface area contributed by atoms with Crippen molar-refractivity contribution < 1.29 is 14.7 Å². The highest BCUT2D eigenvalue weighted by Gasteiger charge is 2.16. The second kappa shape index (κ2) is 6.40. The highest BCUT2D eigenvalue weighted by Crippen LogP contribution is 2.17. The van der Waals surface area contributed by atoms with E-state index in [0.717, 1.165) is 30.9 Å². The van der Waals surface area contributed by atoms with Crippen molar-refractivity contribution in [2.75, 3.05) is 19.8 Å². The highest BCUT2D eigenvalue weighted by molar-refractivity contribution is 6.00. The molecule has 1 atom stereocenters. The van der Waals surface area contributed by atoms with Gasteiger partial charge in [0.15, 0.2) is 0 Å². The molecule has 1 heterocycles. The minimum Gasteiger partial charge on any atom is -0.493 e. The first-order valence-corrected chi connectivity index (χ1v) is 6.35. The summed E-state index contributed by atoms with van der Waals surface area (Å²) in [5, 5.41) is 12.1. The van der Waals surface area contributed by atoms with Crippen molar-refractivity contribution in [1.29, 1.82) is 0 Å². The minimum absolute atomic E-state index is 0.509. The van der Waals surface area contributed by atoms with E-state index < -0.39 is 0 Å². The second-order valence-electron chi connectivity index (χ2n) is 4.47. The van der Waals surface area contributed by atoms with Gasteiger partial charge in [0.1, 0.15) is 5.75 Å². The Bertz CT molecular complexity index is 394. The van der Waals surface area contributed by atoms with Gasteiger partial charge in [-0.3, -0.25) is 0 Å². The van der Waals surface area contributed by atoms with E-state index in [1.54, 1.807) is 0 Å². The van der Waals surface area contributed by atoms with Gasteiger partial charge in [-0.1, -0.05) is 12.1 Å². The Morgan fingerprint density at radius 3 is 2.78 bits per heavy atom. The van der Waals surface area contributed by atoms with Crippen molar-refractivity contribution in [2.24, 2.45) is 11.1 Å². The van der Waals surface area contributed by atoms with Crippen LogP contribution in [0.15, 0.2) is 29.4 Å². The van der Waals surface area contributed by atoms with E-state index in [9.17, 15) is 0 Å². The van der Waals surface area contributed by atoms with Gasteiger partial charge < -0.3 is 14.7 Å². The maximum atomic E-state index is 8.84. The van der Waals surface area contributed by atoms with Crippen LogP contribution in [0.2, 0.25) is 0 Å². The van der Waals surface area contributed by atoms with Gasteiger partial charge in [0.05, 0.1) is 18.9 Å². The average molecular weight is 249 g/mol. The fraction of sp³-hybridized carbons (Fsp3) is 0.500. The lowest BCUT2D eigenvalue weighted by Gasteiger charge is -2.10. The molecule has 1 N–H and O–H groups in total. The van der Waals surface area contributed by atoms with Crippen LogP contribution in [0.5, 0.6) is 5.75 Å². The third kappa shape index (κ3) is 3.23. The predicted octanol–water partition coefficient (Wildman–Crippen LogP) is 2.69. The molecule has 1 fully saturated rings. The first kappa shape index (κ1) is 12.9. The maximum absolute atomic E-state index is 8.84. The molecule has 0 aromatic heterocycles. The van der Waals surface area contributed by atoms with Crippen molar-refractivity contribution in [3.63, 3.8) is 0 Å². The predicted molar refractivity (Wildman–Crippen MR) is 69.5 cm³/mol. The van der Waals surface area contributed by atoms with Crippen LogP contribution in [0.25, 0.3) is 0 Å². The molecule has 0 saturated carbocycles. The summed E-state index contributed by atoms with van der Waals surface area (Å²) < 4.78 is 11.0. The van der Waals surface area contributed by atoms with Crippen LogP contribution in [0.4, 0.5) is 0 Å². The summed E-state index contributed by atoms with van der Waals surface area (Å²) >= 11 is 0. The van der Waals surface area contributed by atoms with Crippen molar-refractivity contribution in [1.82, 2.24) is 0 Å². The van der Waals surface area contributed by atoms with E-state index in [2.05, 4.69) is 5.16 Å². The van der Waals surface area contributed by atoms with E-state index in [0.29, 0.717) is 24.7 Å². The fourth-order valence-electron chi connectivity index (χ4n) is 2.00. The highest BCUT2D eigenvalue weighted by atomic mass is 16.5. The zero-order valence-corrected chi connectivity index (χ0v) is 10.6. The Labute approximate surface area is 107 Å².